The van der Waals surface area contributed by atoms with Crippen molar-refractivity contribution in [2.45, 2.75) is 31.6 Å². The number of aryl methyl sites for hydroxylation is 2. The minimum atomic E-state index is -3.04. The van der Waals surface area contributed by atoms with E-state index in [9.17, 15) is 13.2 Å². The van der Waals surface area contributed by atoms with Crippen LogP contribution in [-0.4, -0.2) is 51.1 Å². The molecule has 2 aromatic rings. The maximum Gasteiger partial charge on any atom is 0.235 e. The molecule has 0 saturated carbocycles. The van der Waals surface area contributed by atoms with Crippen LogP contribution < -0.4 is 5.32 Å². The number of carbonyl (C=O) groups excluding carboxylic acids is 1. The maximum absolute atomic E-state index is 12.3. The van der Waals surface area contributed by atoms with Gasteiger partial charge >= 0.3 is 0 Å². The Hall–Kier alpha value is -1.81. The number of hydrogen-bond acceptors (Lipinski definition) is 6. The van der Waals surface area contributed by atoms with Crippen molar-refractivity contribution in [2.75, 3.05) is 22.6 Å². The first-order chi connectivity index (χ1) is 12.3. The van der Waals surface area contributed by atoms with Gasteiger partial charge in [0.15, 0.2) is 9.84 Å². The lowest BCUT2D eigenvalue weighted by atomic mass is 10.0. The second-order valence-electron chi connectivity index (χ2n) is 6.90. The fourth-order valence-electron chi connectivity index (χ4n) is 3.66. The highest BCUT2D eigenvalue weighted by Gasteiger charge is 2.36. The van der Waals surface area contributed by atoms with Crippen molar-refractivity contribution in [3.8, 4) is 0 Å². The second kappa shape index (κ2) is 6.12. The first-order valence-electron chi connectivity index (χ1n) is 8.46. The number of aromatic nitrogens is 4. The Bertz CT molecular complexity index is 992. The van der Waals surface area contributed by atoms with Crippen LogP contribution in [0.15, 0.2) is 6.20 Å². The van der Waals surface area contributed by atoms with Crippen LogP contribution in [0.4, 0.5) is 5.82 Å². The molecule has 0 aromatic carbocycles. The monoisotopic (exact) mass is 395 g/mol. The number of nitrogens with one attached hydrogen (secondary N) is 1. The van der Waals surface area contributed by atoms with E-state index < -0.39 is 9.84 Å². The molecule has 8 nitrogen and oxygen atoms in total. The summed E-state index contributed by atoms with van der Waals surface area (Å²) >= 11 is 1.55. The van der Waals surface area contributed by atoms with E-state index in [4.69, 9.17) is 0 Å². The number of nitrogens with zero attached hydrogens (tertiary/aromatic N) is 4. The first kappa shape index (κ1) is 17.6. The van der Waals surface area contributed by atoms with E-state index in [2.05, 4.69) is 15.5 Å². The van der Waals surface area contributed by atoms with E-state index in [-0.39, 0.29) is 28.7 Å². The lowest BCUT2D eigenvalue weighted by Gasteiger charge is -2.16. The lowest BCUT2D eigenvalue weighted by molar-refractivity contribution is -0.113. The predicted octanol–water partition coefficient (Wildman–Crippen LogP) is 1.37. The Kier molecular flexibility index (Phi) is 4.14. The zero-order valence-corrected chi connectivity index (χ0v) is 16.5. The Morgan fingerprint density at radius 2 is 2.12 bits per heavy atom. The summed E-state index contributed by atoms with van der Waals surface area (Å²) in [7, 11) is -1.15. The van der Waals surface area contributed by atoms with Crippen LogP contribution >= 0.6 is 11.8 Å². The number of rotatable bonds is 2. The molecule has 0 bridgehead atoms. The summed E-state index contributed by atoms with van der Waals surface area (Å²) in [5.74, 6) is 1.10. The molecule has 1 N–H and O–H groups in total. The number of carbonyl (C=O) groups is 1. The van der Waals surface area contributed by atoms with E-state index >= 15 is 0 Å². The van der Waals surface area contributed by atoms with Crippen LogP contribution in [0.25, 0.3) is 0 Å². The molecule has 4 rings (SSSR count). The number of hydrogen-bond donors (Lipinski definition) is 1. The predicted molar refractivity (Wildman–Crippen MR) is 100 cm³/mol. The quantitative estimate of drug-likeness (QED) is 0.825. The number of sulfone groups is 1. The summed E-state index contributed by atoms with van der Waals surface area (Å²) < 4.78 is 27.4. The van der Waals surface area contributed by atoms with Gasteiger partial charge in [0.2, 0.25) is 5.91 Å². The third-order valence-corrected chi connectivity index (χ3v) is 8.14. The molecule has 0 aliphatic carbocycles. The van der Waals surface area contributed by atoms with Crippen molar-refractivity contribution in [1.82, 2.24) is 19.6 Å². The molecule has 2 atom stereocenters. The summed E-state index contributed by atoms with van der Waals surface area (Å²) in [4.78, 5) is 12.3. The van der Waals surface area contributed by atoms with Crippen LogP contribution in [0.2, 0.25) is 0 Å². The summed E-state index contributed by atoms with van der Waals surface area (Å²) in [6.45, 7) is 3.92. The minimum Gasteiger partial charge on any atom is -0.310 e. The van der Waals surface area contributed by atoms with Crippen LogP contribution in [0, 0.1) is 13.8 Å². The molecular formula is C16H21N5O3S2. The highest BCUT2D eigenvalue weighted by Crippen LogP contribution is 2.45. The fraction of sp³-hybridized carbons (Fsp3) is 0.562. The average Bonchev–Trinajstić information content (AvgIpc) is 3.15. The number of amides is 1. The fourth-order valence-corrected chi connectivity index (χ4v) is 6.60. The maximum atomic E-state index is 12.3. The minimum absolute atomic E-state index is 0.0654. The summed E-state index contributed by atoms with van der Waals surface area (Å²) in [6, 6.07) is -0.235. The number of thioether (sulfide) groups is 1. The molecule has 1 saturated heterocycles. The molecule has 26 heavy (non-hydrogen) atoms. The van der Waals surface area contributed by atoms with E-state index in [0.717, 1.165) is 22.5 Å². The molecule has 2 aliphatic heterocycles. The first-order valence-corrected chi connectivity index (χ1v) is 11.3. The molecule has 140 valence electrons. The van der Waals surface area contributed by atoms with Crippen LogP contribution in [0.3, 0.4) is 0 Å². The van der Waals surface area contributed by atoms with Crippen molar-refractivity contribution < 1.29 is 13.2 Å². The van der Waals surface area contributed by atoms with Gasteiger partial charge in [-0.2, -0.15) is 10.2 Å². The smallest absolute Gasteiger partial charge is 0.235 e. The van der Waals surface area contributed by atoms with Crippen LogP contribution in [0.1, 0.15) is 40.2 Å². The number of anilines is 1. The van der Waals surface area contributed by atoms with E-state index in [1.807, 2.05) is 31.8 Å². The van der Waals surface area contributed by atoms with Crippen molar-refractivity contribution in [2.24, 2.45) is 7.05 Å². The van der Waals surface area contributed by atoms with E-state index in [1.54, 1.807) is 16.4 Å². The molecule has 2 aromatic heterocycles. The third kappa shape index (κ3) is 2.84. The van der Waals surface area contributed by atoms with Crippen molar-refractivity contribution in [3.63, 3.8) is 0 Å². The van der Waals surface area contributed by atoms with E-state index in [1.165, 1.54) is 0 Å². The molecule has 1 amide bonds. The van der Waals surface area contributed by atoms with Gasteiger partial charge in [0.25, 0.3) is 0 Å². The zero-order chi connectivity index (χ0) is 18.6. The standard InChI is InChI=1S/C16H21N5O3S2/c1-9-14-15(12-6-17-20(3)10(12)2)25-7-13(22)18-16(14)21(19-9)11-4-5-26(23,24)8-11/h6,11,15H,4-5,7-8H2,1-3H3,(H,18,22)/t11-,15-/m0/s1. The van der Waals surface area contributed by atoms with Crippen molar-refractivity contribution >= 4 is 33.3 Å². The topological polar surface area (TPSA) is 98.9 Å². The Morgan fingerprint density at radius 1 is 1.35 bits per heavy atom. The van der Waals surface area contributed by atoms with E-state index in [0.29, 0.717) is 18.0 Å². The van der Waals surface area contributed by atoms with Crippen LogP contribution in [-0.2, 0) is 21.7 Å². The highest BCUT2D eigenvalue weighted by atomic mass is 32.2. The molecule has 0 unspecified atom stereocenters. The molecule has 0 radical (unpaired) electrons. The molecule has 0 spiro atoms. The Labute approximate surface area is 156 Å². The Balaban J connectivity index is 1.84. The molecule has 4 heterocycles. The van der Waals surface area contributed by atoms with Gasteiger partial charge in [-0.15, -0.1) is 11.8 Å². The molecule has 10 heteroatoms. The molecule has 2 aliphatic rings. The van der Waals surface area contributed by atoms with Gasteiger partial charge in [0.05, 0.1) is 40.4 Å². The summed E-state index contributed by atoms with van der Waals surface area (Å²) in [6.07, 6.45) is 2.36. The van der Waals surface area contributed by atoms with Gasteiger partial charge in [-0.05, 0) is 20.3 Å². The third-order valence-electron chi connectivity index (χ3n) is 5.14. The van der Waals surface area contributed by atoms with Gasteiger partial charge in [0, 0.05) is 23.9 Å². The van der Waals surface area contributed by atoms with Gasteiger partial charge < -0.3 is 5.32 Å². The normalized spacial score (nSPS) is 25.0. The van der Waals surface area contributed by atoms with Gasteiger partial charge in [-0.1, -0.05) is 0 Å². The second-order valence-corrected chi connectivity index (χ2v) is 10.2. The van der Waals surface area contributed by atoms with Gasteiger partial charge in [-0.3, -0.25) is 9.48 Å². The largest absolute Gasteiger partial charge is 0.310 e. The average molecular weight is 396 g/mol. The number of fused-ring (bicyclic) bond motifs is 1. The molecule has 1 fully saturated rings. The Morgan fingerprint density at radius 3 is 2.73 bits per heavy atom. The van der Waals surface area contributed by atoms with Crippen molar-refractivity contribution in [3.05, 3.63) is 28.7 Å². The van der Waals surface area contributed by atoms with Gasteiger partial charge in [-0.25, -0.2) is 13.1 Å². The van der Waals surface area contributed by atoms with Crippen LogP contribution in [0.5, 0.6) is 0 Å². The summed E-state index contributed by atoms with van der Waals surface area (Å²) in [5.41, 5.74) is 3.85. The van der Waals surface area contributed by atoms with Gasteiger partial charge in [0.1, 0.15) is 5.82 Å². The zero-order valence-electron chi connectivity index (χ0n) is 14.9. The highest BCUT2D eigenvalue weighted by molar-refractivity contribution is 8.00. The molecular weight excluding hydrogens is 374 g/mol. The van der Waals surface area contributed by atoms with Crippen molar-refractivity contribution in [1.29, 1.82) is 0 Å². The summed E-state index contributed by atoms with van der Waals surface area (Å²) in [5, 5.41) is 11.9. The lowest BCUT2D eigenvalue weighted by Crippen LogP contribution is -2.20. The SMILES string of the molecule is Cc1nn([C@H]2CCS(=O)(=O)C2)c2c1[C@H](c1cnn(C)c1C)SCC(=O)N2.